The van der Waals surface area contributed by atoms with Gasteiger partial charge in [0.25, 0.3) is 5.91 Å². The lowest BCUT2D eigenvalue weighted by Crippen LogP contribution is -2.41. The molecule has 1 aliphatic rings. The summed E-state index contributed by atoms with van der Waals surface area (Å²) in [6.45, 7) is 3.29. The van der Waals surface area contributed by atoms with Gasteiger partial charge >= 0.3 is 0 Å². The molecule has 1 atom stereocenters. The maximum absolute atomic E-state index is 11.7. The zero-order valence-corrected chi connectivity index (χ0v) is 11.1. The van der Waals surface area contributed by atoms with E-state index in [4.69, 9.17) is 15.2 Å². The van der Waals surface area contributed by atoms with Gasteiger partial charge in [0.2, 0.25) is 0 Å². The minimum atomic E-state index is -0.229. The molecule has 1 saturated heterocycles. The van der Waals surface area contributed by atoms with E-state index < -0.39 is 0 Å². The van der Waals surface area contributed by atoms with Crippen LogP contribution in [-0.4, -0.2) is 31.3 Å². The molecule has 0 aromatic heterocycles. The molecule has 1 heterocycles. The van der Waals surface area contributed by atoms with Gasteiger partial charge in [-0.2, -0.15) is 0 Å². The Morgan fingerprint density at radius 2 is 2.42 bits per heavy atom. The molecule has 5 heteroatoms. The van der Waals surface area contributed by atoms with Gasteiger partial charge in [0.15, 0.2) is 6.61 Å². The normalized spacial score (nSPS) is 22.2. The van der Waals surface area contributed by atoms with E-state index in [0.29, 0.717) is 18.0 Å². The Balaban J connectivity index is 1.73. The van der Waals surface area contributed by atoms with Gasteiger partial charge in [0.05, 0.1) is 5.60 Å². The Hall–Kier alpha value is -1.75. The highest BCUT2D eigenvalue weighted by molar-refractivity contribution is 5.77. The first-order valence-corrected chi connectivity index (χ1v) is 6.46. The molecule has 0 bridgehead atoms. The van der Waals surface area contributed by atoms with Gasteiger partial charge in [-0.3, -0.25) is 4.79 Å². The van der Waals surface area contributed by atoms with Crippen molar-refractivity contribution in [3.63, 3.8) is 0 Å². The molecule has 1 amide bonds. The number of benzene rings is 1. The molecule has 1 aliphatic heterocycles. The first kappa shape index (κ1) is 13.7. The molecule has 2 rings (SSSR count). The van der Waals surface area contributed by atoms with Gasteiger partial charge in [-0.25, -0.2) is 0 Å². The molecular formula is C14H20N2O3. The Morgan fingerprint density at radius 3 is 3.11 bits per heavy atom. The lowest BCUT2D eigenvalue weighted by Gasteiger charge is -2.23. The van der Waals surface area contributed by atoms with Gasteiger partial charge in [0.1, 0.15) is 5.75 Å². The summed E-state index contributed by atoms with van der Waals surface area (Å²) in [5.41, 5.74) is 6.01. The predicted molar refractivity (Wildman–Crippen MR) is 73.0 cm³/mol. The summed E-state index contributed by atoms with van der Waals surface area (Å²) in [5, 5.41) is 2.83. The maximum atomic E-state index is 11.7. The third-order valence-corrected chi connectivity index (χ3v) is 3.19. The van der Waals surface area contributed by atoms with Crippen molar-refractivity contribution >= 4 is 11.6 Å². The number of carbonyl (C=O) groups is 1. The van der Waals surface area contributed by atoms with Crippen molar-refractivity contribution < 1.29 is 14.3 Å². The Labute approximate surface area is 113 Å². The van der Waals surface area contributed by atoms with E-state index in [1.807, 2.05) is 6.92 Å². The number of ether oxygens (including phenoxy) is 2. The van der Waals surface area contributed by atoms with E-state index in [-0.39, 0.29) is 18.1 Å². The van der Waals surface area contributed by atoms with Crippen LogP contribution in [0.15, 0.2) is 24.3 Å². The highest BCUT2D eigenvalue weighted by atomic mass is 16.5. The number of amides is 1. The van der Waals surface area contributed by atoms with E-state index >= 15 is 0 Å². The van der Waals surface area contributed by atoms with Gasteiger partial charge < -0.3 is 20.5 Å². The molecule has 19 heavy (non-hydrogen) atoms. The fraction of sp³-hybridized carbons (Fsp3) is 0.500. The number of carbonyl (C=O) groups excluding carboxylic acids is 1. The Morgan fingerprint density at radius 1 is 1.58 bits per heavy atom. The average Bonchev–Trinajstić information content (AvgIpc) is 2.82. The molecule has 0 spiro atoms. The first-order valence-electron chi connectivity index (χ1n) is 6.46. The lowest BCUT2D eigenvalue weighted by molar-refractivity contribution is -0.124. The topological polar surface area (TPSA) is 73.6 Å². The van der Waals surface area contributed by atoms with Crippen molar-refractivity contribution in [2.75, 3.05) is 25.5 Å². The molecular weight excluding hydrogens is 244 g/mol. The minimum Gasteiger partial charge on any atom is -0.484 e. The highest BCUT2D eigenvalue weighted by Crippen LogP contribution is 2.23. The van der Waals surface area contributed by atoms with Crippen molar-refractivity contribution in [1.29, 1.82) is 0 Å². The van der Waals surface area contributed by atoms with Crippen LogP contribution in [0.1, 0.15) is 19.8 Å². The maximum Gasteiger partial charge on any atom is 0.258 e. The van der Waals surface area contributed by atoms with Crippen LogP contribution in [0.4, 0.5) is 5.69 Å². The molecule has 1 aromatic carbocycles. The van der Waals surface area contributed by atoms with Gasteiger partial charge in [-0.1, -0.05) is 6.07 Å². The first-order chi connectivity index (χ1) is 9.07. The summed E-state index contributed by atoms with van der Waals surface area (Å²) in [6.07, 6.45) is 2.02. The van der Waals surface area contributed by atoms with Crippen LogP contribution < -0.4 is 15.8 Å². The average molecular weight is 264 g/mol. The summed E-state index contributed by atoms with van der Waals surface area (Å²) in [4.78, 5) is 11.7. The summed E-state index contributed by atoms with van der Waals surface area (Å²) in [5.74, 6) is 0.442. The van der Waals surface area contributed by atoms with E-state index in [0.717, 1.165) is 19.4 Å². The molecule has 3 N–H and O–H groups in total. The lowest BCUT2D eigenvalue weighted by atomic mass is 10.0. The zero-order valence-electron chi connectivity index (χ0n) is 11.1. The SMILES string of the molecule is CC1(CNC(=O)COc2cccc(N)c2)CCCO1. The number of hydrogen-bond acceptors (Lipinski definition) is 4. The van der Waals surface area contributed by atoms with E-state index in [9.17, 15) is 4.79 Å². The van der Waals surface area contributed by atoms with Crippen molar-refractivity contribution in [1.82, 2.24) is 5.32 Å². The molecule has 0 radical (unpaired) electrons. The van der Waals surface area contributed by atoms with Crippen LogP contribution in [-0.2, 0) is 9.53 Å². The van der Waals surface area contributed by atoms with Crippen molar-refractivity contribution in [2.24, 2.45) is 0 Å². The second-order valence-electron chi connectivity index (χ2n) is 5.04. The Bertz CT molecular complexity index is 442. The summed E-state index contributed by atoms with van der Waals surface area (Å²) in [6, 6.07) is 7.01. The van der Waals surface area contributed by atoms with Crippen LogP contribution in [0.3, 0.4) is 0 Å². The monoisotopic (exact) mass is 264 g/mol. The van der Waals surface area contributed by atoms with Crippen molar-refractivity contribution in [2.45, 2.75) is 25.4 Å². The number of nitrogens with two attached hydrogens (primary N) is 1. The predicted octanol–water partition coefficient (Wildman–Crippen LogP) is 1.33. The fourth-order valence-corrected chi connectivity index (χ4v) is 2.07. The summed E-state index contributed by atoms with van der Waals surface area (Å²) >= 11 is 0. The van der Waals surface area contributed by atoms with Gasteiger partial charge in [0, 0.05) is 24.9 Å². The number of nitrogens with one attached hydrogen (secondary N) is 1. The van der Waals surface area contributed by atoms with E-state index in [1.54, 1.807) is 24.3 Å². The fourth-order valence-electron chi connectivity index (χ4n) is 2.07. The van der Waals surface area contributed by atoms with Crippen LogP contribution in [0.25, 0.3) is 0 Å². The molecule has 0 saturated carbocycles. The molecule has 1 aromatic rings. The van der Waals surface area contributed by atoms with Crippen molar-refractivity contribution in [3.8, 4) is 5.75 Å². The third-order valence-electron chi connectivity index (χ3n) is 3.19. The third kappa shape index (κ3) is 4.13. The molecule has 5 nitrogen and oxygen atoms in total. The second kappa shape index (κ2) is 5.93. The van der Waals surface area contributed by atoms with Crippen molar-refractivity contribution in [3.05, 3.63) is 24.3 Å². The van der Waals surface area contributed by atoms with Crippen LogP contribution >= 0.6 is 0 Å². The highest BCUT2D eigenvalue weighted by Gasteiger charge is 2.29. The number of rotatable bonds is 5. The van der Waals surface area contributed by atoms with E-state index in [2.05, 4.69) is 5.32 Å². The van der Waals surface area contributed by atoms with E-state index in [1.165, 1.54) is 0 Å². The Kier molecular flexibility index (Phi) is 4.27. The van der Waals surface area contributed by atoms with Crippen LogP contribution in [0.5, 0.6) is 5.75 Å². The second-order valence-corrected chi connectivity index (χ2v) is 5.04. The number of nitrogen functional groups attached to an aromatic ring is 1. The summed E-state index contributed by atoms with van der Waals surface area (Å²) < 4.78 is 11.0. The number of anilines is 1. The molecule has 0 aliphatic carbocycles. The molecule has 1 unspecified atom stereocenters. The molecule has 104 valence electrons. The van der Waals surface area contributed by atoms with Gasteiger partial charge in [-0.05, 0) is 31.9 Å². The largest absolute Gasteiger partial charge is 0.484 e. The summed E-state index contributed by atoms with van der Waals surface area (Å²) in [7, 11) is 0. The van der Waals surface area contributed by atoms with Gasteiger partial charge in [-0.15, -0.1) is 0 Å². The molecule has 1 fully saturated rings. The van der Waals surface area contributed by atoms with Crippen LogP contribution in [0.2, 0.25) is 0 Å². The quantitative estimate of drug-likeness (QED) is 0.787. The van der Waals surface area contributed by atoms with Crippen LogP contribution in [0, 0.1) is 0 Å². The zero-order chi connectivity index (χ0) is 13.7. The number of hydrogen-bond donors (Lipinski definition) is 2. The standard InChI is InChI=1S/C14H20N2O3/c1-14(6-3-7-19-14)10-16-13(17)9-18-12-5-2-4-11(15)8-12/h2,4-5,8H,3,6-7,9-10,15H2,1H3,(H,16,17). The smallest absolute Gasteiger partial charge is 0.258 e. The minimum absolute atomic E-state index is 0.0144.